The summed E-state index contributed by atoms with van der Waals surface area (Å²) in [6.45, 7) is 0.415. The van der Waals surface area contributed by atoms with Crippen molar-refractivity contribution in [1.82, 2.24) is 15.3 Å². The zero-order valence-electron chi connectivity index (χ0n) is 10.1. The van der Waals surface area contributed by atoms with Crippen LogP contribution in [0.3, 0.4) is 0 Å². The number of thioether (sulfide) groups is 1. The predicted molar refractivity (Wildman–Crippen MR) is 73.4 cm³/mol. The topological polar surface area (TPSA) is 57.8 Å². The molecule has 0 aliphatic carbocycles. The van der Waals surface area contributed by atoms with Crippen LogP contribution in [0.1, 0.15) is 21.7 Å². The van der Waals surface area contributed by atoms with Crippen LogP contribution in [-0.4, -0.2) is 22.1 Å². The van der Waals surface area contributed by atoms with E-state index in [9.17, 15) is 4.79 Å². The number of aromatic amines is 1. The van der Waals surface area contributed by atoms with Crippen molar-refractivity contribution in [3.8, 4) is 0 Å². The maximum absolute atomic E-state index is 11.9. The lowest BCUT2D eigenvalue weighted by Gasteiger charge is -2.04. The van der Waals surface area contributed by atoms with Crippen molar-refractivity contribution in [3.05, 3.63) is 53.6 Å². The molecule has 0 unspecified atom stereocenters. The molecule has 0 atom stereocenters. The van der Waals surface area contributed by atoms with E-state index in [4.69, 9.17) is 0 Å². The summed E-state index contributed by atoms with van der Waals surface area (Å²) in [5, 5.41) is 2.81. The van der Waals surface area contributed by atoms with Crippen LogP contribution < -0.4 is 5.32 Å². The molecule has 0 bridgehead atoms. The molecule has 2 aromatic rings. The number of nitrogens with zero attached hydrogens (tertiary/aromatic N) is 1. The highest BCUT2D eigenvalue weighted by molar-refractivity contribution is 7.97. The van der Waals surface area contributed by atoms with Crippen molar-refractivity contribution in [2.24, 2.45) is 0 Å². The van der Waals surface area contributed by atoms with Gasteiger partial charge in [0.1, 0.15) is 5.82 Å². The molecule has 2 N–H and O–H groups in total. The Bertz CT molecular complexity index is 493. The summed E-state index contributed by atoms with van der Waals surface area (Å²) in [7, 11) is 0. The second-order valence-corrected chi connectivity index (χ2v) is 4.71. The molecule has 0 aliphatic rings. The molecule has 1 aromatic heterocycles. The Hall–Kier alpha value is -1.75. The first-order chi connectivity index (χ1) is 8.79. The maximum atomic E-state index is 11.9. The number of carbonyl (C=O) groups excluding carboxylic acids is 1. The first-order valence-corrected chi connectivity index (χ1v) is 7.03. The summed E-state index contributed by atoms with van der Waals surface area (Å²) < 4.78 is 0. The second-order valence-electron chi connectivity index (χ2n) is 3.85. The Kier molecular flexibility index (Phi) is 4.41. The fraction of sp³-hybridized carbons (Fsp3) is 0.231. The molecular formula is C13H15N3OS. The third-order valence-electron chi connectivity index (χ3n) is 2.50. The zero-order valence-corrected chi connectivity index (χ0v) is 11.0. The van der Waals surface area contributed by atoms with Crippen LogP contribution in [0.25, 0.3) is 0 Å². The normalized spacial score (nSPS) is 10.3. The average molecular weight is 261 g/mol. The molecule has 0 fully saturated rings. The van der Waals surface area contributed by atoms with Gasteiger partial charge in [-0.1, -0.05) is 12.1 Å². The fourth-order valence-corrected chi connectivity index (χ4v) is 2.11. The van der Waals surface area contributed by atoms with Gasteiger partial charge in [-0.15, -0.1) is 0 Å². The van der Waals surface area contributed by atoms with Gasteiger partial charge in [-0.3, -0.25) is 4.79 Å². The van der Waals surface area contributed by atoms with Gasteiger partial charge >= 0.3 is 0 Å². The number of imidazole rings is 1. The molecule has 0 radical (unpaired) electrons. The fourth-order valence-electron chi connectivity index (χ4n) is 1.58. The Morgan fingerprint density at radius 2 is 2.17 bits per heavy atom. The van der Waals surface area contributed by atoms with Gasteiger partial charge in [0.25, 0.3) is 5.91 Å². The van der Waals surface area contributed by atoms with E-state index >= 15 is 0 Å². The number of H-pyrrole nitrogens is 1. The second kappa shape index (κ2) is 6.26. The first-order valence-electron chi connectivity index (χ1n) is 5.64. The lowest BCUT2D eigenvalue weighted by molar-refractivity contribution is 0.0950. The SMILES string of the molecule is CSCc1ccc(C(=O)NCc2ncc[nH]2)cc1. The molecule has 0 spiro atoms. The van der Waals surface area contributed by atoms with Gasteiger partial charge in [-0.2, -0.15) is 11.8 Å². The number of nitrogens with one attached hydrogen (secondary N) is 2. The van der Waals surface area contributed by atoms with E-state index in [1.165, 1.54) is 5.56 Å². The van der Waals surface area contributed by atoms with E-state index in [-0.39, 0.29) is 5.91 Å². The van der Waals surface area contributed by atoms with Gasteiger partial charge in [-0.25, -0.2) is 4.98 Å². The van der Waals surface area contributed by atoms with Gasteiger partial charge in [0.2, 0.25) is 0 Å². The number of benzene rings is 1. The van der Waals surface area contributed by atoms with Crippen molar-refractivity contribution >= 4 is 17.7 Å². The molecule has 2 rings (SSSR count). The highest BCUT2D eigenvalue weighted by Gasteiger charge is 2.05. The minimum atomic E-state index is -0.0814. The van der Waals surface area contributed by atoms with Gasteiger partial charge in [-0.05, 0) is 24.0 Å². The number of aromatic nitrogens is 2. The van der Waals surface area contributed by atoms with E-state index in [2.05, 4.69) is 21.5 Å². The molecule has 1 heterocycles. The van der Waals surface area contributed by atoms with E-state index < -0.39 is 0 Å². The number of hydrogen-bond donors (Lipinski definition) is 2. The smallest absolute Gasteiger partial charge is 0.251 e. The quantitative estimate of drug-likeness (QED) is 0.867. The molecule has 94 valence electrons. The monoisotopic (exact) mass is 261 g/mol. The average Bonchev–Trinajstić information content (AvgIpc) is 2.90. The molecule has 0 aliphatic heterocycles. The van der Waals surface area contributed by atoms with Crippen LogP contribution in [0.4, 0.5) is 0 Å². The van der Waals surface area contributed by atoms with Crippen LogP contribution in [0.15, 0.2) is 36.7 Å². The van der Waals surface area contributed by atoms with Gasteiger partial charge in [0.05, 0.1) is 6.54 Å². The molecule has 1 aromatic carbocycles. The molecule has 0 saturated heterocycles. The molecule has 18 heavy (non-hydrogen) atoms. The zero-order chi connectivity index (χ0) is 12.8. The third kappa shape index (κ3) is 3.37. The molecular weight excluding hydrogens is 246 g/mol. The van der Waals surface area contributed by atoms with E-state index in [1.807, 2.05) is 24.3 Å². The Morgan fingerprint density at radius 1 is 1.39 bits per heavy atom. The van der Waals surface area contributed by atoms with Crippen molar-refractivity contribution in [3.63, 3.8) is 0 Å². The van der Waals surface area contributed by atoms with Gasteiger partial charge in [0, 0.05) is 23.7 Å². The maximum Gasteiger partial charge on any atom is 0.251 e. The summed E-state index contributed by atoms with van der Waals surface area (Å²) in [4.78, 5) is 18.8. The molecule has 5 heteroatoms. The Balaban J connectivity index is 1.92. The van der Waals surface area contributed by atoms with Crippen molar-refractivity contribution in [1.29, 1.82) is 0 Å². The molecule has 1 amide bonds. The number of hydrogen-bond acceptors (Lipinski definition) is 3. The van der Waals surface area contributed by atoms with Crippen molar-refractivity contribution < 1.29 is 4.79 Å². The summed E-state index contributed by atoms with van der Waals surface area (Å²) >= 11 is 1.76. The summed E-state index contributed by atoms with van der Waals surface area (Å²) in [6, 6.07) is 7.67. The van der Waals surface area contributed by atoms with Gasteiger partial charge < -0.3 is 10.3 Å². The summed E-state index contributed by atoms with van der Waals surface area (Å²) in [5.41, 5.74) is 1.90. The highest BCUT2D eigenvalue weighted by atomic mass is 32.2. The first kappa shape index (κ1) is 12.7. The van der Waals surface area contributed by atoms with Crippen molar-refractivity contribution in [2.45, 2.75) is 12.3 Å². The predicted octanol–water partition coefficient (Wildman–Crippen LogP) is 2.20. The molecule has 0 saturated carbocycles. The van der Waals surface area contributed by atoms with Gasteiger partial charge in [0.15, 0.2) is 0 Å². The van der Waals surface area contributed by atoms with E-state index in [0.29, 0.717) is 12.1 Å². The third-order valence-corrected chi connectivity index (χ3v) is 3.12. The van der Waals surface area contributed by atoms with Crippen LogP contribution >= 0.6 is 11.8 Å². The Morgan fingerprint density at radius 3 is 2.78 bits per heavy atom. The van der Waals surface area contributed by atoms with Crippen molar-refractivity contribution in [2.75, 3.05) is 6.26 Å². The standard InChI is InChI=1S/C13H15N3OS/c1-18-9-10-2-4-11(5-3-10)13(17)16-8-12-14-6-7-15-12/h2-7H,8-9H2,1H3,(H,14,15)(H,16,17). The summed E-state index contributed by atoms with van der Waals surface area (Å²) in [5.74, 6) is 1.64. The van der Waals surface area contributed by atoms with Crippen LogP contribution in [0.2, 0.25) is 0 Å². The van der Waals surface area contributed by atoms with Crippen LogP contribution in [0, 0.1) is 0 Å². The van der Waals surface area contributed by atoms with E-state index in [0.717, 1.165) is 11.6 Å². The van der Waals surface area contributed by atoms with Crippen LogP contribution in [0.5, 0.6) is 0 Å². The lowest BCUT2D eigenvalue weighted by Crippen LogP contribution is -2.23. The lowest BCUT2D eigenvalue weighted by atomic mass is 10.1. The minimum Gasteiger partial charge on any atom is -0.347 e. The molecule has 4 nitrogen and oxygen atoms in total. The minimum absolute atomic E-state index is 0.0814. The highest BCUT2D eigenvalue weighted by Crippen LogP contribution is 2.10. The van der Waals surface area contributed by atoms with Crippen LogP contribution in [-0.2, 0) is 12.3 Å². The van der Waals surface area contributed by atoms with E-state index in [1.54, 1.807) is 24.2 Å². The number of rotatable bonds is 5. The number of carbonyl (C=O) groups is 1. The summed E-state index contributed by atoms with van der Waals surface area (Å²) in [6.07, 6.45) is 5.46. The Labute approximate surface area is 110 Å². The largest absolute Gasteiger partial charge is 0.347 e. The number of amides is 1.